The van der Waals surface area contributed by atoms with Gasteiger partial charge >= 0.3 is 0 Å². The maximum absolute atomic E-state index is 12.5. The molecule has 5 nitrogen and oxygen atoms in total. The Hall–Kier alpha value is -1.75. The third-order valence-corrected chi connectivity index (χ3v) is 4.65. The minimum absolute atomic E-state index is 0.108. The van der Waals surface area contributed by atoms with Crippen LogP contribution in [0.25, 0.3) is 0 Å². The number of hydrogen-bond acceptors (Lipinski definition) is 4. The van der Waals surface area contributed by atoms with Gasteiger partial charge in [0.05, 0.1) is 6.61 Å². The van der Waals surface area contributed by atoms with Gasteiger partial charge in [0.2, 0.25) is 0 Å². The second kappa shape index (κ2) is 5.80. The molecule has 0 bridgehead atoms. The summed E-state index contributed by atoms with van der Waals surface area (Å²) in [7, 11) is 0. The molecule has 3 N–H and O–H groups in total. The standard InChI is InChI=1S/C17H25NO4/c1-9(8-19)18-16(21)17(5)7-6-13-12(4)14(20)10(2)11(3)15(13)22-17/h9,19-20H,6-8H2,1-5H3,(H,18,21)/t9-,17?/m1/s1. The molecular weight excluding hydrogens is 282 g/mol. The zero-order valence-electron chi connectivity index (χ0n) is 13.9. The summed E-state index contributed by atoms with van der Waals surface area (Å²) in [5.41, 5.74) is 2.49. The Balaban J connectivity index is 2.37. The molecule has 1 heterocycles. The third-order valence-electron chi connectivity index (χ3n) is 4.65. The van der Waals surface area contributed by atoms with Gasteiger partial charge in [-0.1, -0.05) is 0 Å². The summed E-state index contributed by atoms with van der Waals surface area (Å²) >= 11 is 0. The first kappa shape index (κ1) is 16.6. The molecule has 1 aromatic rings. The highest BCUT2D eigenvalue weighted by Gasteiger charge is 2.41. The Morgan fingerprint density at radius 2 is 1.95 bits per heavy atom. The average molecular weight is 307 g/mol. The number of nitrogens with one attached hydrogen (secondary N) is 1. The Morgan fingerprint density at radius 1 is 1.32 bits per heavy atom. The number of carbonyl (C=O) groups excluding carboxylic acids is 1. The van der Waals surface area contributed by atoms with Crippen molar-refractivity contribution in [3.8, 4) is 11.5 Å². The van der Waals surface area contributed by atoms with Gasteiger partial charge in [-0.05, 0) is 57.7 Å². The van der Waals surface area contributed by atoms with E-state index in [0.717, 1.165) is 22.3 Å². The van der Waals surface area contributed by atoms with Gasteiger partial charge in [0, 0.05) is 18.0 Å². The van der Waals surface area contributed by atoms with E-state index in [1.807, 2.05) is 20.8 Å². The van der Waals surface area contributed by atoms with E-state index in [0.29, 0.717) is 24.3 Å². The van der Waals surface area contributed by atoms with Crippen LogP contribution in [0.4, 0.5) is 0 Å². The van der Waals surface area contributed by atoms with Gasteiger partial charge in [0.1, 0.15) is 11.5 Å². The second-order valence-electron chi connectivity index (χ2n) is 6.42. The molecule has 1 unspecified atom stereocenters. The van der Waals surface area contributed by atoms with Crippen molar-refractivity contribution in [1.82, 2.24) is 5.32 Å². The van der Waals surface area contributed by atoms with Crippen molar-refractivity contribution in [2.24, 2.45) is 0 Å². The van der Waals surface area contributed by atoms with Crippen LogP contribution in [-0.4, -0.2) is 34.4 Å². The summed E-state index contributed by atoms with van der Waals surface area (Å²) in [6.45, 7) is 9.03. The fourth-order valence-corrected chi connectivity index (χ4v) is 2.83. The van der Waals surface area contributed by atoms with Crippen LogP contribution < -0.4 is 10.1 Å². The number of fused-ring (bicyclic) bond motifs is 1. The molecule has 0 aromatic heterocycles. The third kappa shape index (κ3) is 2.65. The van der Waals surface area contributed by atoms with Crippen molar-refractivity contribution in [2.75, 3.05) is 6.61 Å². The number of hydrogen-bond donors (Lipinski definition) is 3. The average Bonchev–Trinajstić information content (AvgIpc) is 2.50. The van der Waals surface area contributed by atoms with E-state index >= 15 is 0 Å². The molecule has 0 fully saturated rings. The van der Waals surface area contributed by atoms with Gasteiger partial charge in [-0.15, -0.1) is 0 Å². The highest BCUT2D eigenvalue weighted by molar-refractivity contribution is 5.86. The van der Waals surface area contributed by atoms with Crippen LogP contribution in [0.2, 0.25) is 0 Å². The predicted octanol–water partition coefficient (Wildman–Crippen LogP) is 1.90. The molecule has 0 aliphatic carbocycles. The topological polar surface area (TPSA) is 78.8 Å². The van der Waals surface area contributed by atoms with Crippen LogP contribution in [0.15, 0.2) is 0 Å². The molecule has 0 saturated carbocycles. The Bertz CT molecular complexity index is 611. The van der Waals surface area contributed by atoms with Crippen molar-refractivity contribution in [3.63, 3.8) is 0 Å². The second-order valence-corrected chi connectivity index (χ2v) is 6.42. The van der Waals surface area contributed by atoms with E-state index in [1.165, 1.54) is 0 Å². The monoisotopic (exact) mass is 307 g/mol. The fraction of sp³-hybridized carbons (Fsp3) is 0.588. The molecule has 0 saturated heterocycles. The zero-order chi connectivity index (χ0) is 16.7. The summed E-state index contributed by atoms with van der Waals surface area (Å²) in [6, 6.07) is -0.307. The molecule has 0 spiro atoms. The summed E-state index contributed by atoms with van der Waals surface area (Å²) in [5.74, 6) is 0.789. The number of carbonyl (C=O) groups is 1. The molecule has 2 rings (SSSR count). The number of aliphatic hydroxyl groups is 1. The molecular formula is C17H25NO4. The maximum atomic E-state index is 12.5. The van der Waals surface area contributed by atoms with Crippen LogP contribution in [-0.2, 0) is 11.2 Å². The highest BCUT2D eigenvalue weighted by atomic mass is 16.5. The first-order valence-electron chi connectivity index (χ1n) is 7.63. The van der Waals surface area contributed by atoms with E-state index in [9.17, 15) is 9.90 Å². The minimum atomic E-state index is -0.961. The summed E-state index contributed by atoms with van der Waals surface area (Å²) in [6.07, 6.45) is 1.21. The minimum Gasteiger partial charge on any atom is -0.507 e. The van der Waals surface area contributed by atoms with E-state index in [1.54, 1.807) is 13.8 Å². The Morgan fingerprint density at radius 3 is 2.55 bits per heavy atom. The molecule has 22 heavy (non-hydrogen) atoms. The highest BCUT2D eigenvalue weighted by Crippen LogP contribution is 2.43. The predicted molar refractivity (Wildman–Crippen MR) is 84.4 cm³/mol. The van der Waals surface area contributed by atoms with Gasteiger partial charge in [-0.2, -0.15) is 0 Å². The molecule has 1 amide bonds. The van der Waals surface area contributed by atoms with Crippen molar-refractivity contribution in [2.45, 2.75) is 59.1 Å². The first-order chi connectivity index (χ1) is 10.2. The molecule has 1 aliphatic heterocycles. The number of phenolic OH excluding ortho intramolecular Hbond substituents is 1. The van der Waals surface area contributed by atoms with Crippen LogP contribution in [0.1, 0.15) is 42.5 Å². The number of aromatic hydroxyl groups is 1. The molecule has 1 aromatic carbocycles. The van der Waals surface area contributed by atoms with E-state index in [4.69, 9.17) is 9.84 Å². The van der Waals surface area contributed by atoms with Gasteiger partial charge in [0.15, 0.2) is 5.60 Å². The van der Waals surface area contributed by atoms with E-state index in [2.05, 4.69) is 5.32 Å². The summed E-state index contributed by atoms with van der Waals surface area (Å²) in [4.78, 5) is 12.5. The fourth-order valence-electron chi connectivity index (χ4n) is 2.83. The summed E-state index contributed by atoms with van der Waals surface area (Å²) < 4.78 is 6.07. The van der Waals surface area contributed by atoms with Crippen LogP contribution in [0, 0.1) is 20.8 Å². The quantitative estimate of drug-likeness (QED) is 0.797. The first-order valence-corrected chi connectivity index (χ1v) is 7.63. The number of rotatable bonds is 3. The zero-order valence-corrected chi connectivity index (χ0v) is 13.9. The van der Waals surface area contributed by atoms with Crippen LogP contribution in [0.5, 0.6) is 11.5 Å². The summed E-state index contributed by atoms with van der Waals surface area (Å²) in [5, 5.41) is 22.0. The molecule has 5 heteroatoms. The number of amides is 1. The van der Waals surface area contributed by atoms with Crippen molar-refractivity contribution in [3.05, 3.63) is 22.3 Å². The number of ether oxygens (including phenoxy) is 1. The van der Waals surface area contributed by atoms with Crippen LogP contribution >= 0.6 is 0 Å². The van der Waals surface area contributed by atoms with Crippen molar-refractivity contribution < 1.29 is 19.7 Å². The smallest absolute Gasteiger partial charge is 0.264 e. The maximum Gasteiger partial charge on any atom is 0.264 e. The van der Waals surface area contributed by atoms with Gasteiger partial charge in [-0.3, -0.25) is 4.79 Å². The lowest BCUT2D eigenvalue weighted by Gasteiger charge is -2.37. The van der Waals surface area contributed by atoms with Gasteiger partial charge in [0.25, 0.3) is 5.91 Å². The number of phenols is 1. The lowest BCUT2D eigenvalue weighted by Crippen LogP contribution is -2.53. The normalized spacial score (nSPS) is 21.7. The van der Waals surface area contributed by atoms with Crippen molar-refractivity contribution >= 4 is 5.91 Å². The van der Waals surface area contributed by atoms with E-state index in [-0.39, 0.29) is 18.6 Å². The lowest BCUT2D eigenvalue weighted by atomic mass is 9.86. The Kier molecular flexibility index (Phi) is 4.38. The van der Waals surface area contributed by atoms with Crippen molar-refractivity contribution in [1.29, 1.82) is 0 Å². The van der Waals surface area contributed by atoms with Gasteiger partial charge in [-0.25, -0.2) is 0 Å². The Labute approximate surface area is 131 Å². The van der Waals surface area contributed by atoms with E-state index < -0.39 is 5.60 Å². The molecule has 1 aliphatic rings. The largest absolute Gasteiger partial charge is 0.507 e. The van der Waals surface area contributed by atoms with Gasteiger partial charge < -0.3 is 20.3 Å². The lowest BCUT2D eigenvalue weighted by molar-refractivity contribution is -0.137. The number of benzene rings is 1. The SMILES string of the molecule is Cc1c(C)c2c(c(C)c1O)CCC(C)(C(=O)N[C@H](C)CO)O2. The molecule has 0 radical (unpaired) electrons. The van der Waals surface area contributed by atoms with Crippen LogP contribution in [0.3, 0.4) is 0 Å². The molecule has 2 atom stereocenters. The number of aliphatic hydroxyl groups excluding tert-OH is 1. The molecule has 122 valence electrons.